The predicted octanol–water partition coefficient (Wildman–Crippen LogP) is 3.16. The summed E-state index contributed by atoms with van der Waals surface area (Å²) >= 11 is 0. The summed E-state index contributed by atoms with van der Waals surface area (Å²) in [6.07, 6.45) is 5.22. The van der Waals surface area contributed by atoms with Crippen molar-refractivity contribution < 1.29 is 14.1 Å². The Morgan fingerprint density at radius 2 is 2.17 bits per heavy atom. The van der Waals surface area contributed by atoms with Gasteiger partial charge in [0.05, 0.1) is 29.4 Å². The van der Waals surface area contributed by atoms with Gasteiger partial charge in [-0.15, -0.1) is 0 Å². The molecule has 0 spiro atoms. The van der Waals surface area contributed by atoms with E-state index < -0.39 is 0 Å². The van der Waals surface area contributed by atoms with Gasteiger partial charge in [0.25, 0.3) is 11.6 Å². The van der Waals surface area contributed by atoms with Gasteiger partial charge in [-0.25, -0.2) is 4.98 Å². The molecule has 2 atom stereocenters. The van der Waals surface area contributed by atoms with E-state index in [1.54, 1.807) is 6.07 Å². The van der Waals surface area contributed by atoms with Gasteiger partial charge in [-0.1, -0.05) is 24.9 Å². The van der Waals surface area contributed by atoms with Crippen molar-refractivity contribution in [3.8, 4) is 0 Å². The number of pyridine rings is 1. The van der Waals surface area contributed by atoms with Gasteiger partial charge in [0, 0.05) is 12.2 Å². The van der Waals surface area contributed by atoms with Crippen molar-refractivity contribution in [1.29, 1.82) is 0 Å². The fourth-order valence-corrected chi connectivity index (χ4v) is 3.40. The minimum absolute atomic E-state index is 0.142. The lowest BCUT2D eigenvalue weighted by Gasteiger charge is -2.28. The van der Waals surface area contributed by atoms with Crippen molar-refractivity contribution in [2.45, 2.75) is 52.6 Å². The molecule has 0 radical (unpaired) electrons. The van der Waals surface area contributed by atoms with Crippen molar-refractivity contribution in [2.75, 3.05) is 13.2 Å². The van der Waals surface area contributed by atoms with Gasteiger partial charge in [0.2, 0.25) is 0 Å². The van der Waals surface area contributed by atoms with Crippen LogP contribution in [0.3, 0.4) is 0 Å². The number of nitrogens with zero attached hydrogens (tertiary/aromatic N) is 2. The van der Waals surface area contributed by atoms with Crippen LogP contribution in [0.4, 0.5) is 0 Å². The van der Waals surface area contributed by atoms with E-state index in [-0.39, 0.29) is 5.91 Å². The highest BCUT2D eigenvalue weighted by Crippen LogP contribution is 2.26. The Balaban J connectivity index is 1.58. The quantitative estimate of drug-likeness (QED) is 0.852. The van der Waals surface area contributed by atoms with Crippen LogP contribution in [0, 0.1) is 19.8 Å². The highest BCUT2D eigenvalue weighted by atomic mass is 16.5. The first-order valence-electron chi connectivity index (χ1n) is 8.69. The molecule has 1 N–H and O–H groups in total. The van der Waals surface area contributed by atoms with Crippen LogP contribution in [0.1, 0.15) is 54.4 Å². The Kier molecular flexibility index (Phi) is 5.14. The number of aryl methyl sites for hydroxylation is 2. The van der Waals surface area contributed by atoms with Crippen LogP contribution in [-0.4, -0.2) is 35.3 Å². The van der Waals surface area contributed by atoms with E-state index in [9.17, 15) is 4.79 Å². The fourth-order valence-electron chi connectivity index (χ4n) is 3.40. The Labute approximate surface area is 141 Å². The van der Waals surface area contributed by atoms with Crippen LogP contribution < -0.4 is 5.32 Å². The van der Waals surface area contributed by atoms with Crippen LogP contribution in [-0.2, 0) is 4.74 Å². The lowest BCUT2D eigenvalue weighted by Crippen LogP contribution is -2.32. The molecule has 0 bridgehead atoms. The molecule has 1 aliphatic rings. The summed E-state index contributed by atoms with van der Waals surface area (Å²) in [6, 6.07) is 1.77. The Morgan fingerprint density at radius 3 is 2.96 bits per heavy atom. The summed E-state index contributed by atoms with van der Waals surface area (Å²) in [5.74, 6) is 0.466. The van der Waals surface area contributed by atoms with Crippen molar-refractivity contribution in [2.24, 2.45) is 5.92 Å². The molecule has 1 aliphatic carbocycles. The molecule has 0 aliphatic heterocycles. The molecule has 2 heterocycles. The second-order valence-electron chi connectivity index (χ2n) is 6.69. The van der Waals surface area contributed by atoms with Gasteiger partial charge < -0.3 is 14.6 Å². The Morgan fingerprint density at radius 1 is 1.38 bits per heavy atom. The topological polar surface area (TPSA) is 77.2 Å². The number of aromatic nitrogens is 2. The van der Waals surface area contributed by atoms with Gasteiger partial charge in [0.1, 0.15) is 0 Å². The number of ether oxygens (including phenoxy) is 1. The van der Waals surface area contributed by atoms with Crippen molar-refractivity contribution in [3.63, 3.8) is 0 Å². The third kappa shape index (κ3) is 3.59. The van der Waals surface area contributed by atoms with E-state index >= 15 is 0 Å². The molecule has 0 aromatic carbocycles. The minimum Gasteiger partial charge on any atom is -0.376 e. The molecular formula is C18H25N3O3. The second-order valence-corrected chi connectivity index (χ2v) is 6.69. The minimum atomic E-state index is -0.142. The van der Waals surface area contributed by atoms with Gasteiger partial charge in [-0.05, 0) is 38.7 Å². The molecule has 6 nitrogen and oxygen atoms in total. The van der Waals surface area contributed by atoms with Crippen LogP contribution in [0.15, 0.2) is 10.6 Å². The molecule has 0 unspecified atom stereocenters. The maximum atomic E-state index is 12.5. The first-order valence-corrected chi connectivity index (χ1v) is 8.69. The molecule has 3 rings (SSSR count). The van der Waals surface area contributed by atoms with Crippen LogP contribution in [0.25, 0.3) is 11.1 Å². The maximum absolute atomic E-state index is 12.5. The maximum Gasteiger partial charge on any atom is 0.258 e. The largest absolute Gasteiger partial charge is 0.376 e. The third-order valence-corrected chi connectivity index (χ3v) is 4.74. The summed E-state index contributed by atoms with van der Waals surface area (Å²) < 4.78 is 11.1. The SMILES string of the molecule is Cc1cc(C(=O)NCCO[C@H]2CCCC[C@@H]2C)c2c(C)noc2n1. The molecule has 1 amide bonds. The summed E-state index contributed by atoms with van der Waals surface area (Å²) in [7, 11) is 0. The van der Waals surface area contributed by atoms with Crippen LogP contribution in [0.5, 0.6) is 0 Å². The summed E-state index contributed by atoms with van der Waals surface area (Å²) in [5.41, 5.74) is 2.37. The number of hydrogen-bond acceptors (Lipinski definition) is 5. The van der Waals surface area contributed by atoms with E-state index in [1.165, 1.54) is 19.3 Å². The average molecular weight is 331 g/mol. The van der Waals surface area contributed by atoms with Gasteiger partial charge in [-0.3, -0.25) is 4.79 Å². The molecule has 24 heavy (non-hydrogen) atoms. The lowest BCUT2D eigenvalue weighted by atomic mass is 9.88. The number of rotatable bonds is 5. The lowest BCUT2D eigenvalue weighted by molar-refractivity contribution is -0.00293. The summed E-state index contributed by atoms with van der Waals surface area (Å²) in [4.78, 5) is 16.8. The van der Waals surface area contributed by atoms with Crippen molar-refractivity contribution >= 4 is 17.0 Å². The molecule has 1 fully saturated rings. The number of nitrogens with one attached hydrogen (secondary N) is 1. The third-order valence-electron chi connectivity index (χ3n) is 4.74. The van der Waals surface area contributed by atoms with Gasteiger partial charge >= 0.3 is 0 Å². The number of carbonyl (C=O) groups is 1. The average Bonchev–Trinajstić information content (AvgIpc) is 2.93. The number of amides is 1. The summed E-state index contributed by atoms with van der Waals surface area (Å²) in [6.45, 7) is 6.92. The van der Waals surface area contributed by atoms with Crippen LogP contribution >= 0.6 is 0 Å². The Hall–Kier alpha value is -1.95. The zero-order valence-corrected chi connectivity index (χ0v) is 14.6. The monoisotopic (exact) mass is 331 g/mol. The normalized spacial score (nSPS) is 21.1. The van der Waals surface area contributed by atoms with E-state index in [0.29, 0.717) is 47.5 Å². The Bertz CT molecular complexity index is 726. The first kappa shape index (κ1) is 16.9. The first-order chi connectivity index (χ1) is 11.6. The van der Waals surface area contributed by atoms with E-state index in [1.807, 2.05) is 13.8 Å². The van der Waals surface area contributed by atoms with Gasteiger partial charge in [0.15, 0.2) is 0 Å². The number of fused-ring (bicyclic) bond motifs is 1. The second kappa shape index (κ2) is 7.30. The number of carbonyl (C=O) groups excluding carboxylic acids is 1. The van der Waals surface area contributed by atoms with Crippen LogP contribution in [0.2, 0.25) is 0 Å². The van der Waals surface area contributed by atoms with Crippen molar-refractivity contribution in [3.05, 3.63) is 23.0 Å². The number of hydrogen-bond donors (Lipinski definition) is 1. The van der Waals surface area contributed by atoms with E-state index in [2.05, 4.69) is 22.4 Å². The molecule has 130 valence electrons. The molecular weight excluding hydrogens is 306 g/mol. The summed E-state index contributed by atoms with van der Waals surface area (Å²) in [5, 5.41) is 7.51. The molecule has 6 heteroatoms. The predicted molar refractivity (Wildman–Crippen MR) is 91.0 cm³/mol. The fraction of sp³-hybridized carbons (Fsp3) is 0.611. The molecule has 2 aromatic rings. The zero-order chi connectivity index (χ0) is 17.1. The standard InChI is InChI=1S/C18H25N3O3/c1-11-6-4-5-7-15(11)23-9-8-19-17(22)14-10-12(2)20-18-16(14)13(3)21-24-18/h10-11,15H,4-9H2,1-3H3,(H,19,22)/t11-,15-/m0/s1. The highest BCUT2D eigenvalue weighted by Gasteiger charge is 2.22. The van der Waals surface area contributed by atoms with E-state index in [0.717, 1.165) is 12.1 Å². The molecule has 2 aromatic heterocycles. The zero-order valence-electron chi connectivity index (χ0n) is 14.6. The smallest absolute Gasteiger partial charge is 0.258 e. The van der Waals surface area contributed by atoms with Crippen molar-refractivity contribution in [1.82, 2.24) is 15.5 Å². The van der Waals surface area contributed by atoms with E-state index in [4.69, 9.17) is 9.26 Å². The van der Waals surface area contributed by atoms with Gasteiger partial charge in [-0.2, -0.15) is 0 Å². The highest BCUT2D eigenvalue weighted by molar-refractivity contribution is 6.06. The molecule has 1 saturated carbocycles. The molecule has 0 saturated heterocycles.